The Kier molecular flexibility index (Phi) is 5.52. The molecule has 2 aromatic carbocycles. The van der Waals surface area contributed by atoms with Crippen molar-refractivity contribution in [3.8, 4) is 16.9 Å². The van der Waals surface area contributed by atoms with E-state index in [1.54, 1.807) is 0 Å². The lowest BCUT2D eigenvalue weighted by molar-refractivity contribution is -0.160. The first-order chi connectivity index (χ1) is 16.1. The molecule has 3 aromatic rings. The van der Waals surface area contributed by atoms with E-state index in [-0.39, 0.29) is 0 Å². The van der Waals surface area contributed by atoms with Gasteiger partial charge in [0.25, 0.3) is 0 Å². The molecule has 178 valence electrons. The zero-order valence-corrected chi connectivity index (χ0v) is 20.6. The first-order valence-electron chi connectivity index (χ1n) is 12.0. The molecular formula is C28H32N2O4. The maximum Gasteiger partial charge on any atom is 0.337 e. The largest absolute Gasteiger partial charge is 0.490 e. The van der Waals surface area contributed by atoms with Crippen LogP contribution in [-0.4, -0.2) is 41.4 Å². The fourth-order valence-electron chi connectivity index (χ4n) is 5.35. The number of carboxylic acid groups (broad SMARTS) is 1. The Morgan fingerprint density at radius 1 is 1.18 bits per heavy atom. The molecule has 2 aliphatic heterocycles. The Morgan fingerprint density at radius 3 is 2.71 bits per heavy atom. The Morgan fingerprint density at radius 2 is 1.97 bits per heavy atom. The van der Waals surface area contributed by atoms with Gasteiger partial charge in [-0.15, -0.1) is 0 Å². The summed E-state index contributed by atoms with van der Waals surface area (Å²) in [6, 6.07) is 10.2. The van der Waals surface area contributed by atoms with E-state index in [0.29, 0.717) is 12.2 Å². The van der Waals surface area contributed by atoms with Gasteiger partial charge in [0.15, 0.2) is 6.10 Å². The second-order valence-electron chi connectivity index (χ2n) is 10.3. The van der Waals surface area contributed by atoms with E-state index in [4.69, 9.17) is 14.5 Å². The molecular weight excluding hydrogens is 428 g/mol. The molecule has 6 nitrogen and oxygen atoms in total. The topological polar surface area (TPSA) is 71.9 Å². The van der Waals surface area contributed by atoms with Gasteiger partial charge in [0.2, 0.25) is 0 Å². The lowest BCUT2D eigenvalue weighted by Crippen LogP contribution is -2.37. The first kappa shape index (κ1) is 22.7. The molecule has 1 aromatic heterocycles. The van der Waals surface area contributed by atoms with Crippen LogP contribution in [0.5, 0.6) is 5.75 Å². The molecule has 1 atom stereocenters. The number of fused-ring (bicyclic) bond motifs is 1. The SMILES string of the molecule is Cc1ccc2c(-c3ccc4c5c3CCCN5CCO4)c(C(OC(C)(C)C)C(=O)O)c(C)cc2n1. The number of rotatable bonds is 4. The van der Waals surface area contributed by atoms with Crippen LogP contribution in [0.25, 0.3) is 22.0 Å². The van der Waals surface area contributed by atoms with Gasteiger partial charge in [-0.3, -0.25) is 4.98 Å². The Balaban J connectivity index is 1.86. The van der Waals surface area contributed by atoms with Crippen molar-refractivity contribution in [3.05, 3.63) is 52.7 Å². The molecule has 0 bridgehead atoms. The van der Waals surface area contributed by atoms with E-state index < -0.39 is 17.7 Å². The highest BCUT2D eigenvalue weighted by molar-refractivity contribution is 6.01. The van der Waals surface area contributed by atoms with Gasteiger partial charge in [0.1, 0.15) is 12.4 Å². The quantitative estimate of drug-likeness (QED) is 0.546. The van der Waals surface area contributed by atoms with Crippen molar-refractivity contribution in [2.24, 2.45) is 0 Å². The highest BCUT2D eigenvalue weighted by atomic mass is 16.5. The fourth-order valence-corrected chi connectivity index (χ4v) is 5.35. The lowest BCUT2D eigenvalue weighted by Gasteiger charge is -2.38. The summed E-state index contributed by atoms with van der Waals surface area (Å²) in [5.74, 6) is -0.0758. The first-order valence-corrected chi connectivity index (χ1v) is 12.0. The zero-order chi connectivity index (χ0) is 24.2. The molecule has 0 spiro atoms. The van der Waals surface area contributed by atoms with E-state index in [1.165, 1.54) is 5.56 Å². The number of anilines is 1. The van der Waals surface area contributed by atoms with E-state index in [2.05, 4.69) is 17.0 Å². The summed E-state index contributed by atoms with van der Waals surface area (Å²) in [4.78, 5) is 19.8. The summed E-state index contributed by atoms with van der Waals surface area (Å²) in [6.45, 7) is 12.2. The number of ether oxygens (including phenoxy) is 2. The second kappa shape index (κ2) is 8.27. The van der Waals surface area contributed by atoms with Crippen LogP contribution >= 0.6 is 0 Å². The number of hydrogen-bond donors (Lipinski definition) is 1. The van der Waals surface area contributed by atoms with Crippen LogP contribution in [0, 0.1) is 13.8 Å². The minimum Gasteiger partial charge on any atom is -0.490 e. The molecule has 2 aliphatic rings. The fraction of sp³-hybridized carbons (Fsp3) is 0.429. The average molecular weight is 461 g/mol. The summed E-state index contributed by atoms with van der Waals surface area (Å²) < 4.78 is 12.2. The minimum atomic E-state index is -1.10. The van der Waals surface area contributed by atoms with Crippen molar-refractivity contribution in [2.75, 3.05) is 24.6 Å². The average Bonchev–Trinajstić information content (AvgIpc) is 2.77. The molecule has 0 saturated carbocycles. The summed E-state index contributed by atoms with van der Waals surface area (Å²) in [5, 5.41) is 11.2. The molecule has 1 N–H and O–H groups in total. The van der Waals surface area contributed by atoms with Gasteiger partial charge in [-0.25, -0.2) is 4.79 Å². The van der Waals surface area contributed by atoms with Crippen LogP contribution < -0.4 is 9.64 Å². The second-order valence-corrected chi connectivity index (χ2v) is 10.3. The van der Waals surface area contributed by atoms with E-state index in [0.717, 1.165) is 70.7 Å². The third kappa shape index (κ3) is 3.90. The van der Waals surface area contributed by atoms with E-state index >= 15 is 0 Å². The molecule has 6 heteroatoms. The number of pyridine rings is 1. The number of aromatic nitrogens is 1. The number of aliphatic carboxylic acids is 1. The predicted octanol–water partition coefficient (Wildman–Crippen LogP) is 5.60. The zero-order valence-electron chi connectivity index (χ0n) is 20.6. The molecule has 0 fully saturated rings. The van der Waals surface area contributed by atoms with E-state index in [9.17, 15) is 9.90 Å². The Hall–Kier alpha value is -3.12. The van der Waals surface area contributed by atoms with Crippen LogP contribution in [-0.2, 0) is 16.0 Å². The molecule has 3 heterocycles. The van der Waals surface area contributed by atoms with Crippen molar-refractivity contribution in [1.29, 1.82) is 0 Å². The monoisotopic (exact) mass is 460 g/mol. The standard InChI is InChI=1S/C28H32N2O4/c1-16-15-21-20(9-8-17(2)29-21)24(23(16)26(27(31)32)34-28(3,4)5)18-10-11-22-25-19(18)7-6-12-30(25)13-14-33-22/h8-11,15,26H,6-7,12-14H2,1-5H3,(H,31,32). The van der Waals surface area contributed by atoms with Crippen LogP contribution in [0.3, 0.4) is 0 Å². The highest BCUT2D eigenvalue weighted by Gasteiger charge is 2.34. The Labute approximate surface area is 200 Å². The van der Waals surface area contributed by atoms with E-state index in [1.807, 2.05) is 52.8 Å². The number of carbonyl (C=O) groups is 1. The van der Waals surface area contributed by atoms with Crippen LogP contribution in [0.4, 0.5) is 5.69 Å². The molecule has 0 saturated heterocycles. The van der Waals surface area contributed by atoms with Crippen molar-refractivity contribution in [1.82, 2.24) is 4.98 Å². The molecule has 1 unspecified atom stereocenters. The minimum absolute atomic E-state index is 0.623. The molecule has 34 heavy (non-hydrogen) atoms. The summed E-state index contributed by atoms with van der Waals surface area (Å²) in [7, 11) is 0. The number of benzene rings is 2. The van der Waals surface area contributed by atoms with Gasteiger partial charge in [-0.05, 0) is 87.9 Å². The Bertz CT molecular complexity index is 1290. The van der Waals surface area contributed by atoms with Crippen molar-refractivity contribution < 1.29 is 19.4 Å². The maximum absolute atomic E-state index is 12.6. The van der Waals surface area contributed by atoms with Gasteiger partial charge in [-0.1, -0.05) is 12.1 Å². The van der Waals surface area contributed by atoms with Crippen LogP contribution in [0.1, 0.15) is 55.7 Å². The lowest BCUT2D eigenvalue weighted by atomic mass is 9.83. The van der Waals surface area contributed by atoms with Crippen molar-refractivity contribution >= 4 is 22.6 Å². The highest BCUT2D eigenvalue weighted by Crippen LogP contribution is 2.48. The van der Waals surface area contributed by atoms with Gasteiger partial charge >= 0.3 is 5.97 Å². The number of hydrogen-bond acceptors (Lipinski definition) is 5. The third-order valence-corrected chi connectivity index (χ3v) is 6.64. The normalized spacial score (nSPS) is 16.2. The molecule has 0 amide bonds. The summed E-state index contributed by atoms with van der Waals surface area (Å²) in [5.41, 5.74) is 7.06. The summed E-state index contributed by atoms with van der Waals surface area (Å²) in [6.07, 6.45) is 0.880. The molecule has 0 aliphatic carbocycles. The van der Waals surface area contributed by atoms with Gasteiger partial charge < -0.3 is 19.5 Å². The van der Waals surface area contributed by atoms with Gasteiger partial charge in [0.05, 0.1) is 23.3 Å². The van der Waals surface area contributed by atoms with Crippen molar-refractivity contribution in [3.63, 3.8) is 0 Å². The van der Waals surface area contributed by atoms with Crippen molar-refractivity contribution in [2.45, 2.75) is 59.2 Å². The maximum atomic E-state index is 12.6. The number of aryl methyl sites for hydroxylation is 2. The third-order valence-electron chi connectivity index (χ3n) is 6.64. The summed E-state index contributed by atoms with van der Waals surface area (Å²) >= 11 is 0. The predicted molar refractivity (Wildman–Crippen MR) is 134 cm³/mol. The molecule has 0 radical (unpaired) electrons. The molecule has 5 rings (SSSR count). The number of carboxylic acids is 1. The van der Waals surface area contributed by atoms with Gasteiger partial charge in [-0.2, -0.15) is 0 Å². The number of nitrogens with zero attached hydrogens (tertiary/aromatic N) is 2. The smallest absolute Gasteiger partial charge is 0.337 e. The van der Waals surface area contributed by atoms with Crippen LogP contribution in [0.2, 0.25) is 0 Å². The van der Waals surface area contributed by atoms with Crippen LogP contribution in [0.15, 0.2) is 30.3 Å². The van der Waals surface area contributed by atoms with Gasteiger partial charge in [0, 0.05) is 23.2 Å².